The zero-order valence-electron chi connectivity index (χ0n) is 21.3. The Balaban J connectivity index is 2.22. The second-order valence-electron chi connectivity index (χ2n) is 9.45. The van der Waals surface area contributed by atoms with Gasteiger partial charge in [0.05, 0.1) is 19.3 Å². The Bertz CT molecular complexity index is 545. The van der Waals surface area contributed by atoms with Gasteiger partial charge in [0.25, 0.3) is 0 Å². The molecular weight excluding hydrogens is 420 g/mol. The number of hydrogen-bond donors (Lipinski definition) is 1. The Labute approximate surface area is 201 Å². The zero-order chi connectivity index (χ0) is 24.3. The summed E-state index contributed by atoms with van der Waals surface area (Å²) in [5.74, 6) is 0.229. The fourth-order valence-electron chi connectivity index (χ4n) is 4.47. The molecule has 1 aliphatic carbocycles. The minimum absolute atomic E-state index is 0.0321. The van der Waals surface area contributed by atoms with E-state index in [0.717, 1.165) is 32.3 Å². The first-order valence-corrected chi connectivity index (χ1v) is 13.1. The molecule has 6 nitrogen and oxygen atoms in total. The molecule has 3 atom stereocenters. The number of ether oxygens (including phenoxy) is 3. The van der Waals surface area contributed by atoms with E-state index >= 15 is 0 Å². The van der Waals surface area contributed by atoms with Gasteiger partial charge in [-0.25, -0.2) is 0 Å². The third-order valence-corrected chi connectivity index (χ3v) is 6.27. The van der Waals surface area contributed by atoms with Gasteiger partial charge in [-0.15, -0.1) is 0 Å². The fourth-order valence-corrected chi connectivity index (χ4v) is 4.47. The molecule has 0 spiro atoms. The van der Waals surface area contributed by atoms with Crippen molar-refractivity contribution in [3.8, 4) is 0 Å². The van der Waals surface area contributed by atoms with Crippen molar-refractivity contribution in [3.05, 3.63) is 12.2 Å². The van der Waals surface area contributed by atoms with Gasteiger partial charge in [0.15, 0.2) is 0 Å². The van der Waals surface area contributed by atoms with Gasteiger partial charge in [-0.05, 0) is 57.8 Å². The number of carbonyl (C=O) groups excluding carboxylic acids is 2. The molecular formula is C27H48O6. The Morgan fingerprint density at radius 2 is 1.76 bits per heavy atom. The van der Waals surface area contributed by atoms with Crippen LogP contribution in [-0.4, -0.2) is 56.0 Å². The molecule has 1 fully saturated rings. The molecule has 0 aliphatic heterocycles. The van der Waals surface area contributed by atoms with E-state index in [1.54, 1.807) is 0 Å². The monoisotopic (exact) mass is 468 g/mol. The van der Waals surface area contributed by atoms with Crippen LogP contribution in [0.2, 0.25) is 0 Å². The molecule has 0 unspecified atom stereocenters. The summed E-state index contributed by atoms with van der Waals surface area (Å²) in [7, 11) is 0. The first-order chi connectivity index (χ1) is 16.0. The van der Waals surface area contributed by atoms with Gasteiger partial charge in [0.2, 0.25) is 0 Å². The predicted molar refractivity (Wildman–Crippen MR) is 131 cm³/mol. The van der Waals surface area contributed by atoms with Crippen molar-refractivity contribution in [2.24, 2.45) is 17.8 Å². The molecule has 1 aliphatic rings. The minimum atomic E-state index is -0.160. The molecule has 1 saturated carbocycles. The summed E-state index contributed by atoms with van der Waals surface area (Å²) >= 11 is 0. The number of allylic oxidation sites excluding steroid dienone is 2. The molecule has 0 heterocycles. The third kappa shape index (κ3) is 13.9. The van der Waals surface area contributed by atoms with Crippen LogP contribution in [0.1, 0.15) is 91.4 Å². The zero-order valence-corrected chi connectivity index (χ0v) is 21.3. The summed E-state index contributed by atoms with van der Waals surface area (Å²) < 4.78 is 16.5. The molecule has 1 rings (SSSR count). The molecule has 192 valence electrons. The molecule has 0 aromatic carbocycles. The largest absolute Gasteiger partial charge is 0.463 e. The lowest BCUT2D eigenvalue weighted by molar-refractivity contribution is -0.147. The maximum Gasteiger partial charge on any atom is 0.306 e. The van der Waals surface area contributed by atoms with Gasteiger partial charge in [-0.3, -0.25) is 9.59 Å². The normalized spacial score (nSPS) is 20.9. The lowest BCUT2D eigenvalue weighted by atomic mass is 9.85. The van der Waals surface area contributed by atoms with E-state index in [0.29, 0.717) is 39.1 Å². The number of carbonyl (C=O) groups is 2. The lowest BCUT2D eigenvalue weighted by Gasteiger charge is -2.22. The van der Waals surface area contributed by atoms with Gasteiger partial charge in [0, 0.05) is 38.6 Å². The first-order valence-electron chi connectivity index (χ1n) is 13.1. The highest BCUT2D eigenvalue weighted by Crippen LogP contribution is 2.38. The number of ketones is 1. The van der Waals surface area contributed by atoms with Gasteiger partial charge in [0.1, 0.15) is 5.78 Å². The second-order valence-corrected chi connectivity index (χ2v) is 9.45. The summed E-state index contributed by atoms with van der Waals surface area (Å²) in [6, 6.07) is 0. The van der Waals surface area contributed by atoms with E-state index in [1.807, 2.05) is 13.8 Å². The van der Waals surface area contributed by atoms with Crippen LogP contribution in [0.5, 0.6) is 0 Å². The van der Waals surface area contributed by atoms with Gasteiger partial charge in [-0.1, -0.05) is 44.8 Å². The van der Waals surface area contributed by atoms with Crippen LogP contribution in [0.25, 0.3) is 0 Å². The van der Waals surface area contributed by atoms with Crippen molar-refractivity contribution in [1.82, 2.24) is 0 Å². The molecule has 33 heavy (non-hydrogen) atoms. The number of esters is 1. The number of Topliss-reactive ketones (excluding diaryl/α,β-unsaturated/α-hetero) is 1. The van der Waals surface area contributed by atoms with Gasteiger partial charge < -0.3 is 19.3 Å². The van der Waals surface area contributed by atoms with Crippen LogP contribution < -0.4 is 0 Å². The summed E-state index contributed by atoms with van der Waals surface area (Å²) in [5, 5.41) is 9.73. The first kappa shape index (κ1) is 29.8. The Kier molecular flexibility index (Phi) is 17.2. The molecule has 0 bridgehead atoms. The van der Waals surface area contributed by atoms with Crippen LogP contribution in [0.15, 0.2) is 12.2 Å². The Morgan fingerprint density at radius 1 is 1.03 bits per heavy atom. The highest BCUT2D eigenvalue weighted by Gasteiger charge is 2.40. The topological polar surface area (TPSA) is 82.1 Å². The molecule has 0 amide bonds. The number of aliphatic hydroxyl groups excluding tert-OH is 1. The average Bonchev–Trinajstić information content (AvgIpc) is 3.08. The summed E-state index contributed by atoms with van der Waals surface area (Å²) in [6.07, 6.45) is 14.1. The maximum absolute atomic E-state index is 12.5. The van der Waals surface area contributed by atoms with E-state index in [1.165, 1.54) is 25.7 Å². The van der Waals surface area contributed by atoms with Crippen molar-refractivity contribution >= 4 is 11.8 Å². The van der Waals surface area contributed by atoms with Crippen molar-refractivity contribution in [2.45, 2.75) is 97.5 Å². The summed E-state index contributed by atoms with van der Waals surface area (Å²) in [4.78, 5) is 24.1. The predicted octanol–water partition coefficient (Wildman–Crippen LogP) is 5.26. The van der Waals surface area contributed by atoms with Gasteiger partial charge in [-0.2, -0.15) is 0 Å². The van der Waals surface area contributed by atoms with Crippen LogP contribution in [0.3, 0.4) is 0 Å². The second kappa shape index (κ2) is 19.1. The fraction of sp³-hybridized carbons (Fsp3) is 0.852. The van der Waals surface area contributed by atoms with Crippen LogP contribution in [-0.2, 0) is 23.8 Å². The number of unbranched alkanes of at least 4 members (excludes halogenated alkanes) is 5. The van der Waals surface area contributed by atoms with Gasteiger partial charge >= 0.3 is 5.97 Å². The average molecular weight is 469 g/mol. The lowest BCUT2D eigenvalue weighted by Crippen LogP contribution is -2.21. The molecule has 0 radical (unpaired) electrons. The van der Waals surface area contributed by atoms with Crippen molar-refractivity contribution in [2.75, 3.05) is 33.0 Å². The Hall–Kier alpha value is -1.24. The van der Waals surface area contributed by atoms with E-state index in [2.05, 4.69) is 19.1 Å². The highest BCUT2D eigenvalue weighted by atomic mass is 16.5. The smallest absolute Gasteiger partial charge is 0.306 e. The molecule has 0 aromatic heterocycles. The standard InChI is InChI=1S/C27H48O6/c1-4-5-6-9-12-16-31-18-19-32-17-15-24-23(21-28)20-26(29)25(24)13-10-7-8-11-14-27(30)33-22(2)3/h7,10,22-25,28H,4-6,8-9,11-21H2,1-3H3/t23-,24-,25+/m0/s1. The van der Waals surface area contributed by atoms with Crippen molar-refractivity contribution in [3.63, 3.8) is 0 Å². The van der Waals surface area contributed by atoms with E-state index in [9.17, 15) is 14.7 Å². The molecule has 1 N–H and O–H groups in total. The quantitative estimate of drug-likeness (QED) is 0.149. The van der Waals surface area contributed by atoms with Crippen LogP contribution in [0, 0.1) is 17.8 Å². The van der Waals surface area contributed by atoms with Crippen LogP contribution in [0.4, 0.5) is 0 Å². The number of hydrogen-bond acceptors (Lipinski definition) is 6. The summed E-state index contributed by atoms with van der Waals surface area (Å²) in [6.45, 7) is 8.53. The molecule has 6 heteroatoms. The third-order valence-electron chi connectivity index (χ3n) is 6.27. The number of rotatable bonds is 20. The van der Waals surface area contributed by atoms with E-state index in [4.69, 9.17) is 14.2 Å². The van der Waals surface area contributed by atoms with E-state index < -0.39 is 0 Å². The van der Waals surface area contributed by atoms with Crippen molar-refractivity contribution in [1.29, 1.82) is 0 Å². The SMILES string of the molecule is CCCCCCCOCCOCC[C@H]1[C@H](CO)CC(=O)[C@@H]1CC=CCCCC(=O)OC(C)C. The molecule has 0 aromatic rings. The Morgan fingerprint density at radius 3 is 2.45 bits per heavy atom. The van der Waals surface area contributed by atoms with Crippen molar-refractivity contribution < 1.29 is 28.9 Å². The summed E-state index contributed by atoms with van der Waals surface area (Å²) in [5.41, 5.74) is 0. The highest BCUT2D eigenvalue weighted by molar-refractivity contribution is 5.84. The minimum Gasteiger partial charge on any atom is -0.463 e. The number of aliphatic hydroxyl groups is 1. The molecule has 0 saturated heterocycles. The van der Waals surface area contributed by atoms with Crippen LogP contribution >= 0.6 is 0 Å². The maximum atomic E-state index is 12.5. The van der Waals surface area contributed by atoms with E-state index in [-0.39, 0.29) is 42.2 Å².